The van der Waals surface area contributed by atoms with Gasteiger partial charge in [0.25, 0.3) is 0 Å². The lowest BCUT2D eigenvalue weighted by atomic mass is 10.1. The maximum Gasteiger partial charge on any atom is 0.121 e. The second-order valence-corrected chi connectivity index (χ2v) is 7.74. The van der Waals surface area contributed by atoms with Crippen molar-refractivity contribution in [3.8, 4) is 5.75 Å². The van der Waals surface area contributed by atoms with E-state index in [2.05, 4.69) is 10.3 Å². The van der Waals surface area contributed by atoms with Crippen LogP contribution in [0, 0.1) is 4.78 Å². The molecule has 1 aromatic heterocycles. The first kappa shape index (κ1) is 16.3. The highest BCUT2D eigenvalue weighted by molar-refractivity contribution is 7.91. The summed E-state index contributed by atoms with van der Waals surface area (Å²) >= 11 is 0. The Morgan fingerprint density at radius 1 is 1.17 bits per heavy atom. The van der Waals surface area contributed by atoms with Gasteiger partial charge in [-0.3, -0.25) is 4.98 Å². The number of ether oxygens (including phenoxy) is 1. The van der Waals surface area contributed by atoms with E-state index < -0.39 is 9.73 Å². The minimum absolute atomic E-state index is 0.549. The lowest BCUT2D eigenvalue weighted by Crippen LogP contribution is -2.01. The topological polar surface area (TPSA) is 75.1 Å². The van der Waals surface area contributed by atoms with E-state index in [4.69, 9.17) is 9.52 Å². The van der Waals surface area contributed by atoms with Gasteiger partial charge in [0, 0.05) is 41.0 Å². The van der Waals surface area contributed by atoms with E-state index in [0.717, 1.165) is 27.9 Å². The maximum absolute atomic E-state index is 11.7. The van der Waals surface area contributed by atoms with Crippen LogP contribution in [0.1, 0.15) is 5.56 Å². The molecular weight excluding hydrogens is 322 g/mol. The molecule has 0 fully saturated rings. The third kappa shape index (κ3) is 3.49. The van der Waals surface area contributed by atoms with Gasteiger partial charge in [0.05, 0.1) is 22.4 Å². The van der Waals surface area contributed by atoms with Crippen molar-refractivity contribution in [3.63, 3.8) is 0 Å². The highest BCUT2D eigenvalue weighted by Crippen LogP contribution is 2.25. The van der Waals surface area contributed by atoms with E-state index in [1.807, 2.05) is 36.4 Å². The highest BCUT2D eigenvalue weighted by Gasteiger charge is 2.05. The number of hydrogen-bond donors (Lipinski definition) is 2. The molecule has 24 heavy (non-hydrogen) atoms. The molecule has 5 nitrogen and oxygen atoms in total. The summed E-state index contributed by atoms with van der Waals surface area (Å²) in [5.74, 6) is 0.779. The van der Waals surface area contributed by atoms with Crippen LogP contribution in [0.15, 0.2) is 59.6 Å². The molecular formula is C18H19N3O2S. The first-order valence-electron chi connectivity index (χ1n) is 7.47. The molecule has 1 atom stereocenters. The molecule has 0 aliphatic carbocycles. The van der Waals surface area contributed by atoms with Crippen molar-refractivity contribution in [2.75, 3.05) is 18.7 Å². The van der Waals surface area contributed by atoms with Crippen LogP contribution in [0.2, 0.25) is 0 Å². The molecule has 1 unspecified atom stereocenters. The van der Waals surface area contributed by atoms with Gasteiger partial charge in [-0.25, -0.2) is 8.99 Å². The van der Waals surface area contributed by atoms with Crippen molar-refractivity contribution < 1.29 is 8.95 Å². The molecule has 0 amide bonds. The Kier molecular flexibility index (Phi) is 4.40. The van der Waals surface area contributed by atoms with Crippen LogP contribution in [-0.2, 0) is 16.3 Å². The number of aromatic nitrogens is 1. The fraction of sp³-hybridized carbons (Fsp3) is 0.167. The predicted octanol–water partition coefficient (Wildman–Crippen LogP) is 3.89. The summed E-state index contributed by atoms with van der Waals surface area (Å²) in [6.07, 6.45) is 3.19. The van der Waals surface area contributed by atoms with Gasteiger partial charge in [0.2, 0.25) is 0 Å². The van der Waals surface area contributed by atoms with Crippen molar-refractivity contribution >= 4 is 26.3 Å². The van der Waals surface area contributed by atoms with Crippen molar-refractivity contribution in [1.82, 2.24) is 4.98 Å². The lowest BCUT2D eigenvalue weighted by molar-refractivity contribution is 0.415. The van der Waals surface area contributed by atoms with Crippen molar-refractivity contribution in [3.05, 3.63) is 60.3 Å². The monoisotopic (exact) mass is 341 g/mol. The van der Waals surface area contributed by atoms with Gasteiger partial charge in [0.1, 0.15) is 5.75 Å². The number of methoxy groups -OCH3 is 1. The fourth-order valence-corrected chi connectivity index (χ4v) is 3.13. The summed E-state index contributed by atoms with van der Waals surface area (Å²) in [6, 6.07) is 15.0. The molecule has 0 aliphatic rings. The number of nitrogens with zero attached hydrogens (tertiary/aromatic N) is 1. The predicted molar refractivity (Wildman–Crippen MR) is 97.1 cm³/mol. The summed E-state index contributed by atoms with van der Waals surface area (Å²) in [7, 11) is -1.03. The standard InChI is InChI=1S/C18H19N3O2S/c1-23-14-5-8-16-17(9-10-20-18(16)11-14)21-12-13-3-6-15(7-4-13)24(2,19)22/h3-11,19H,12H2,1-2H3,(H,20,21). The molecule has 3 aromatic rings. The van der Waals surface area contributed by atoms with Gasteiger partial charge in [-0.1, -0.05) is 12.1 Å². The first-order valence-corrected chi connectivity index (χ1v) is 9.43. The molecule has 6 heteroatoms. The minimum Gasteiger partial charge on any atom is -0.497 e. The Bertz CT molecular complexity index is 967. The lowest BCUT2D eigenvalue weighted by Gasteiger charge is -2.11. The maximum atomic E-state index is 11.7. The number of nitrogens with one attached hydrogen (secondary N) is 2. The third-order valence-corrected chi connectivity index (χ3v) is 4.98. The number of benzene rings is 2. The molecule has 3 rings (SSSR count). The van der Waals surface area contributed by atoms with E-state index in [9.17, 15) is 4.21 Å². The van der Waals surface area contributed by atoms with Crippen LogP contribution in [0.5, 0.6) is 5.75 Å². The van der Waals surface area contributed by atoms with E-state index >= 15 is 0 Å². The van der Waals surface area contributed by atoms with E-state index in [-0.39, 0.29) is 0 Å². The number of fused-ring (bicyclic) bond motifs is 1. The second kappa shape index (κ2) is 6.49. The molecule has 0 bridgehead atoms. The Morgan fingerprint density at radius 3 is 2.58 bits per heavy atom. The summed E-state index contributed by atoms with van der Waals surface area (Å²) in [6.45, 7) is 0.633. The normalized spacial score (nSPS) is 13.4. The average molecular weight is 341 g/mol. The zero-order chi connectivity index (χ0) is 17.2. The van der Waals surface area contributed by atoms with E-state index in [1.54, 1.807) is 25.4 Å². The number of anilines is 1. The minimum atomic E-state index is -2.66. The largest absolute Gasteiger partial charge is 0.497 e. The van der Waals surface area contributed by atoms with Gasteiger partial charge in [-0.05, 0) is 35.9 Å². The zero-order valence-electron chi connectivity index (χ0n) is 13.6. The van der Waals surface area contributed by atoms with Crippen LogP contribution >= 0.6 is 0 Å². The highest BCUT2D eigenvalue weighted by atomic mass is 32.2. The van der Waals surface area contributed by atoms with E-state index in [0.29, 0.717) is 11.4 Å². The molecule has 0 aliphatic heterocycles. The summed E-state index contributed by atoms with van der Waals surface area (Å²) < 4.78 is 24.5. The van der Waals surface area contributed by atoms with Crippen molar-refractivity contribution in [1.29, 1.82) is 4.78 Å². The van der Waals surface area contributed by atoms with Crippen LogP contribution in [0.25, 0.3) is 10.9 Å². The second-order valence-electron chi connectivity index (χ2n) is 5.58. The first-order chi connectivity index (χ1) is 11.5. The van der Waals surface area contributed by atoms with Crippen molar-refractivity contribution in [2.45, 2.75) is 11.4 Å². The summed E-state index contributed by atoms with van der Waals surface area (Å²) in [5.41, 5.74) is 2.92. The zero-order valence-corrected chi connectivity index (χ0v) is 14.4. The molecule has 0 saturated carbocycles. The molecule has 2 N–H and O–H groups in total. The van der Waals surface area contributed by atoms with Crippen LogP contribution < -0.4 is 10.1 Å². The molecule has 2 aromatic carbocycles. The van der Waals surface area contributed by atoms with Crippen LogP contribution in [0.4, 0.5) is 5.69 Å². The molecule has 1 heterocycles. The SMILES string of the molecule is COc1ccc2c(NCc3ccc(S(C)(=N)=O)cc3)ccnc2c1. The van der Waals surface area contributed by atoms with Gasteiger partial charge in [-0.2, -0.15) is 0 Å². The third-order valence-electron chi connectivity index (χ3n) is 3.81. The molecule has 0 spiro atoms. The van der Waals surface area contributed by atoms with E-state index in [1.165, 1.54) is 6.26 Å². The summed E-state index contributed by atoms with van der Waals surface area (Å²) in [5, 5.41) is 4.43. The Hall–Kier alpha value is -2.60. The van der Waals surface area contributed by atoms with Gasteiger partial charge >= 0.3 is 0 Å². The average Bonchev–Trinajstić information content (AvgIpc) is 2.59. The fourth-order valence-electron chi connectivity index (χ4n) is 2.47. The molecule has 124 valence electrons. The van der Waals surface area contributed by atoms with Crippen LogP contribution in [0.3, 0.4) is 0 Å². The molecule has 0 radical (unpaired) electrons. The smallest absolute Gasteiger partial charge is 0.121 e. The number of rotatable bonds is 5. The Labute approximate surface area is 141 Å². The quantitative estimate of drug-likeness (QED) is 0.738. The Balaban J connectivity index is 1.81. The van der Waals surface area contributed by atoms with Gasteiger partial charge in [-0.15, -0.1) is 0 Å². The van der Waals surface area contributed by atoms with Crippen LogP contribution in [-0.4, -0.2) is 22.6 Å². The van der Waals surface area contributed by atoms with Gasteiger partial charge in [0.15, 0.2) is 0 Å². The van der Waals surface area contributed by atoms with Crippen molar-refractivity contribution in [2.24, 2.45) is 0 Å². The molecule has 0 saturated heterocycles. The number of hydrogen-bond acceptors (Lipinski definition) is 5. The number of pyridine rings is 1. The summed E-state index contributed by atoms with van der Waals surface area (Å²) in [4.78, 5) is 4.92. The Morgan fingerprint density at radius 2 is 1.92 bits per heavy atom. The van der Waals surface area contributed by atoms with Gasteiger partial charge < -0.3 is 10.1 Å².